The van der Waals surface area contributed by atoms with Gasteiger partial charge in [-0.2, -0.15) is 0 Å². The number of nitrogens with two attached hydrogens (primary N) is 1. The summed E-state index contributed by atoms with van der Waals surface area (Å²) in [5.41, 5.74) is 8.77. The number of rotatable bonds is 5. The van der Waals surface area contributed by atoms with Crippen LogP contribution in [0, 0.1) is 0 Å². The summed E-state index contributed by atoms with van der Waals surface area (Å²) in [7, 11) is 0. The van der Waals surface area contributed by atoms with E-state index in [0.29, 0.717) is 18.7 Å². The van der Waals surface area contributed by atoms with Crippen LogP contribution in [0.5, 0.6) is 0 Å². The predicted octanol–water partition coefficient (Wildman–Crippen LogP) is 3.39. The Morgan fingerprint density at radius 2 is 1.65 bits per heavy atom. The van der Waals surface area contributed by atoms with E-state index >= 15 is 0 Å². The molecule has 0 heterocycles. The lowest BCUT2D eigenvalue weighted by Crippen LogP contribution is -2.39. The first kappa shape index (κ1) is 15.8. The monoisotopic (exact) mass is 308 g/mol. The summed E-state index contributed by atoms with van der Waals surface area (Å²) in [6.07, 6.45) is 4.75. The molecule has 120 valence electrons. The predicted molar refractivity (Wildman–Crippen MR) is 93.3 cm³/mol. The Balaban J connectivity index is 1.70. The van der Waals surface area contributed by atoms with Gasteiger partial charge in [-0.3, -0.25) is 4.79 Å². The van der Waals surface area contributed by atoms with Gasteiger partial charge < -0.3 is 11.1 Å². The molecule has 3 nitrogen and oxygen atoms in total. The lowest BCUT2D eigenvalue weighted by molar-refractivity contribution is 0.0943. The standard InChI is InChI=1S/C20H24N2O/c21-14-16-8-10-17(11-9-16)19(23)22-15-20(12-4-5-13-20)18-6-2-1-3-7-18/h1-3,6-11H,4-5,12-15,21H2,(H,22,23). The van der Waals surface area contributed by atoms with Gasteiger partial charge in [0.05, 0.1) is 0 Å². The summed E-state index contributed by atoms with van der Waals surface area (Å²) in [5, 5.41) is 3.15. The molecule has 0 bridgehead atoms. The zero-order valence-corrected chi connectivity index (χ0v) is 13.4. The number of carbonyl (C=O) groups is 1. The molecule has 3 rings (SSSR count). The first-order chi connectivity index (χ1) is 11.2. The van der Waals surface area contributed by atoms with Crippen molar-refractivity contribution in [2.75, 3.05) is 6.54 Å². The number of carbonyl (C=O) groups excluding carboxylic acids is 1. The first-order valence-corrected chi connectivity index (χ1v) is 8.36. The minimum Gasteiger partial charge on any atom is -0.351 e. The molecule has 0 spiro atoms. The van der Waals surface area contributed by atoms with Crippen molar-refractivity contribution in [2.24, 2.45) is 5.73 Å². The van der Waals surface area contributed by atoms with Crippen molar-refractivity contribution in [3.8, 4) is 0 Å². The van der Waals surface area contributed by atoms with Crippen molar-refractivity contribution in [1.29, 1.82) is 0 Å². The summed E-state index contributed by atoms with van der Waals surface area (Å²) in [6, 6.07) is 18.1. The smallest absolute Gasteiger partial charge is 0.251 e. The van der Waals surface area contributed by atoms with Gasteiger partial charge in [0.25, 0.3) is 5.91 Å². The van der Waals surface area contributed by atoms with Crippen LogP contribution in [0.3, 0.4) is 0 Å². The third-order valence-corrected chi connectivity index (χ3v) is 4.99. The molecule has 1 aliphatic carbocycles. The van der Waals surface area contributed by atoms with Crippen LogP contribution in [0.4, 0.5) is 0 Å². The van der Waals surface area contributed by atoms with Crippen molar-refractivity contribution >= 4 is 5.91 Å². The van der Waals surface area contributed by atoms with E-state index in [9.17, 15) is 4.79 Å². The highest BCUT2D eigenvalue weighted by molar-refractivity contribution is 5.94. The largest absolute Gasteiger partial charge is 0.351 e. The quantitative estimate of drug-likeness (QED) is 0.889. The normalized spacial score (nSPS) is 16.2. The molecule has 3 heteroatoms. The lowest BCUT2D eigenvalue weighted by Gasteiger charge is -2.30. The van der Waals surface area contributed by atoms with Crippen LogP contribution in [0.2, 0.25) is 0 Å². The Morgan fingerprint density at radius 3 is 2.26 bits per heavy atom. The minimum atomic E-state index is -0.00391. The second-order valence-corrected chi connectivity index (χ2v) is 6.44. The van der Waals surface area contributed by atoms with Crippen molar-refractivity contribution in [3.63, 3.8) is 0 Å². The van der Waals surface area contributed by atoms with Gasteiger partial charge >= 0.3 is 0 Å². The van der Waals surface area contributed by atoms with Gasteiger partial charge in [-0.15, -0.1) is 0 Å². The van der Waals surface area contributed by atoms with E-state index in [1.165, 1.54) is 18.4 Å². The number of nitrogens with one attached hydrogen (secondary N) is 1. The van der Waals surface area contributed by atoms with E-state index < -0.39 is 0 Å². The molecule has 0 aliphatic heterocycles. The van der Waals surface area contributed by atoms with Gasteiger partial charge in [-0.05, 0) is 36.1 Å². The maximum absolute atomic E-state index is 12.4. The van der Waals surface area contributed by atoms with Crippen LogP contribution in [-0.2, 0) is 12.0 Å². The molecule has 3 N–H and O–H groups in total. The molecule has 2 aromatic rings. The lowest BCUT2D eigenvalue weighted by atomic mass is 9.79. The minimum absolute atomic E-state index is 0.00391. The fourth-order valence-electron chi connectivity index (χ4n) is 3.55. The number of hydrogen-bond donors (Lipinski definition) is 2. The fraction of sp³-hybridized carbons (Fsp3) is 0.350. The molecule has 0 saturated heterocycles. The summed E-state index contributed by atoms with van der Waals surface area (Å²) < 4.78 is 0. The Morgan fingerprint density at radius 1 is 1.00 bits per heavy atom. The molecule has 0 atom stereocenters. The summed E-state index contributed by atoms with van der Waals surface area (Å²) in [5.74, 6) is -0.00391. The highest BCUT2D eigenvalue weighted by Crippen LogP contribution is 2.40. The van der Waals surface area contributed by atoms with E-state index in [4.69, 9.17) is 5.73 Å². The molecule has 2 aromatic carbocycles. The fourth-order valence-corrected chi connectivity index (χ4v) is 3.55. The van der Waals surface area contributed by atoms with Gasteiger partial charge in [0.15, 0.2) is 0 Å². The van der Waals surface area contributed by atoms with Crippen LogP contribution in [0.25, 0.3) is 0 Å². The molecule has 1 saturated carbocycles. The number of amides is 1. The van der Waals surface area contributed by atoms with Gasteiger partial charge in [-0.25, -0.2) is 0 Å². The van der Waals surface area contributed by atoms with Crippen molar-refractivity contribution in [2.45, 2.75) is 37.6 Å². The Hall–Kier alpha value is -2.13. The SMILES string of the molecule is NCc1ccc(C(=O)NCC2(c3ccccc3)CCCC2)cc1. The summed E-state index contributed by atoms with van der Waals surface area (Å²) >= 11 is 0. The zero-order valence-electron chi connectivity index (χ0n) is 13.4. The average Bonchev–Trinajstić information content (AvgIpc) is 3.11. The Labute approximate surface area is 137 Å². The second kappa shape index (κ2) is 6.97. The highest BCUT2D eigenvalue weighted by Gasteiger charge is 2.35. The van der Waals surface area contributed by atoms with Crippen LogP contribution < -0.4 is 11.1 Å². The highest BCUT2D eigenvalue weighted by atomic mass is 16.1. The van der Waals surface area contributed by atoms with Crippen molar-refractivity contribution in [3.05, 3.63) is 71.3 Å². The third kappa shape index (κ3) is 3.45. The molecule has 0 aromatic heterocycles. The van der Waals surface area contributed by atoms with E-state index in [1.807, 2.05) is 30.3 Å². The topological polar surface area (TPSA) is 55.1 Å². The zero-order chi connectivity index (χ0) is 16.1. The van der Waals surface area contributed by atoms with Crippen molar-refractivity contribution < 1.29 is 4.79 Å². The van der Waals surface area contributed by atoms with Gasteiger partial charge in [0, 0.05) is 24.1 Å². The van der Waals surface area contributed by atoms with E-state index in [2.05, 4.69) is 29.6 Å². The molecular formula is C20H24N2O. The second-order valence-electron chi connectivity index (χ2n) is 6.44. The Kier molecular flexibility index (Phi) is 4.77. The van der Waals surface area contributed by atoms with Crippen LogP contribution in [0.1, 0.15) is 47.2 Å². The van der Waals surface area contributed by atoms with Crippen LogP contribution in [-0.4, -0.2) is 12.5 Å². The molecule has 1 amide bonds. The van der Waals surface area contributed by atoms with Crippen LogP contribution >= 0.6 is 0 Å². The van der Waals surface area contributed by atoms with E-state index in [1.54, 1.807) is 0 Å². The molecule has 1 fully saturated rings. The Bertz CT molecular complexity index is 643. The maximum atomic E-state index is 12.4. The molecule has 0 unspecified atom stereocenters. The van der Waals surface area contributed by atoms with Crippen LogP contribution in [0.15, 0.2) is 54.6 Å². The average molecular weight is 308 g/mol. The summed E-state index contributed by atoms with van der Waals surface area (Å²) in [4.78, 5) is 12.4. The molecule has 1 aliphatic rings. The number of hydrogen-bond acceptors (Lipinski definition) is 2. The number of benzene rings is 2. The first-order valence-electron chi connectivity index (χ1n) is 8.36. The molecule has 0 radical (unpaired) electrons. The van der Waals surface area contributed by atoms with E-state index in [-0.39, 0.29) is 11.3 Å². The third-order valence-electron chi connectivity index (χ3n) is 4.99. The molecule has 23 heavy (non-hydrogen) atoms. The van der Waals surface area contributed by atoms with Gasteiger partial charge in [0.1, 0.15) is 0 Å². The maximum Gasteiger partial charge on any atom is 0.251 e. The van der Waals surface area contributed by atoms with Gasteiger partial charge in [0.2, 0.25) is 0 Å². The summed E-state index contributed by atoms with van der Waals surface area (Å²) in [6.45, 7) is 1.20. The van der Waals surface area contributed by atoms with E-state index in [0.717, 1.165) is 18.4 Å². The van der Waals surface area contributed by atoms with Crippen molar-refractivity contribution in [1.82, 2.24) is 5.32 Å². The molecular weight excluding hydrogens is 284 g/mol. The van der Waals surface area contributed by atoms with Gasteiger partial charge in [-0.1, -0.05) is 55.3 Å².